The van der Waals surface area contributed by atoms with Crippen LogP contribution in [0.2, 0.25) is 0 Å². The zero-order valence-electron chi connectivity index (χ0n) is 11.6. The van der Waals surface area contributed by atoms with Crippen molar-refractivity contribution in [3.05, 3.63) is 0 Å². The first-order chi connectivity index (χ1) is 7.34. The highest BCUT2D eigenvalue weighted by Gasteiger charge is 2.29. The van der Waals surface area contributed by atoms with E-state index < -0.39 is 0 Å². The summed E-state index contributed by atoms with van der Waals surface area (Å²) in [6.07, 6.45) is 6.43. The molecule has 16 heavy (non-hydrogen) atoms. The molecule has 2 heteroatoms. The van der Waals surface area contributed by atoms with E-state index in [2.05, 4.69) is 39.6 Å². The van der Waals surface area contributed by atoms with Crippen LogP contribution in [0.4, 0.5) is 0 Å². The Morgan fingerprint density at radius 2 is 1.69 bits per heavy atom. The molecule has 2 nitrogen and oxygen atoms in total. The fraction of sp³-hybridized carbons (Fsp3) is 0.929. The molecule has 1 saturated carbocycles. The van der Waals surface area contributed by atoms with Gasteiger partial charge in [0, 0.05) is 19.0 Å². The molecule has 0 radical (unpaired) electrons. The molecule has 0 aromatic rings. The van der Waals surface area contributed by atoms with Crippen molar-refractivity contribution in [3.63, 3.8) is 0 Å². The molecule has 0 heterocycles. The second kappa shape index (κ2) is 5.20. The van der Waals surface area contributed by atoms with Crippen LogP contribution >= 0.6 is 0 Å². The van der Waals surface area contributed by atoms with E-state index in [9.17, 15) is 0 Å². The molecule has 0 aromatic heterocycles. The second-order valence-corrected chi connectivity index (χ2v) is 6.37. The second-order valence-electron chi connectivity index (χ2n) is 6.37. The highest BCUT2D eigenvalue weighted by Crippen LogP contribution is 2.29. The SMILES string of the molecule is CC(N(C)C(=N)C1CCCCC1)C(C)(C)C. The monoisotopic (exact) mass is 224 g/mol. The summed E-state index contributed by atoms with van der Waals surface area (Å²) in [6.45, 7) is 8.99. The quantitative estimate of drug-likeness (QED) is 0.559. The van der Waals surface area contributed by atoms with Gasteiger partial charge in [-0.05, 0) is 25.2 Å². The first kappa shape index (κ1) is 13.5. The van der Waals surface area contributed by atoms with Crippen LogP contribution < -0.4 is 0 Å². The van der Waals surface area contributed by atoms with Crippen LogP contribution in [0.5, 0.6) is 0 Å². The third kappa shape index (κ3) is 3.23. The lowest BCUT2D eigenvalue weighted by atomic mass is 9.84. The first-order valence-electron chi connectivity index (χ1n) is 6.65. The molecule has 0 aromatic carbocycles. The Morgan fingerprint density at radius 3 is 2.12 bits per heavy atom. The van der Waals surface area contributed by atoms with Crippen LogP contribution in [0.25, 0.3) is 0 Å². The number of amidine groups is 1. The van der Waals surface area contributed by atoms with Gasteiger partial charge >= 0.3 is 0 Å². The fourth-order valence-corrected chi connectivity index (χ4v) is 2.45. The van der Waals surface area contributed by atoms with Crippen LogP contribution in [0, 0.1) is 16.7 Å². The summed E-state index contributed by atoms with van der Waals surface area (Å²) in [7, 11) is 2.09. The van der Waals surface area contributed by atoms with E-state index in [-0.39, 0.29) is 5.41 Å². The minimum Gasteiger partial charge on any atom is -0.360 e. The van der Waals surface area contributed by atoms with Crippen LogP contribution in [0.1, 0.15) is 59.8 Å². The van der Waals surface area contributed by atoms with Crippen LogP contribution in [0.15, 0.2) is 0 Å². The van der Waals surface area contributed by atoms with E-state index in [1.165, 1.54) is 32.1 Å². The summed E-state index contributed by atoms with van der Waals surface area (Å²) in [5, 5.41) is 8.33. The van der Waals surface area contributed by atoms with E-state index in [0.717, 1.165) is 5.84 Å². The van der Waals surface area contributed by atoms with Crippen molar-refractivity contribution in [1.82, 2.24) is 4.90 Å². The lowest BCUT2D eigenvalue weighted by molar-refractivity contribution is 0.197. The smallest absolute Gasteiger partial charge is 0.0989 e. The lowest BCUT2D eigenvalue weighted by Gasteiger charge is -2.39. The molecule has 1 N–H and O–H groups in total. The Balaban J connectivity index is 2.58. The van der Waals surface area contributed by atoms with Gasteiger partial charge in [-0.25, -0.2) is 0 Å². The van der Waals surface area contributed by atoms with Crippen LogP contribution in [0.3, 0.4) is 0 Å². The number of nitrogens with one attached hydrogen (secondary N) is 1. The average molecular weight is 224 g/mol. The maximum atomic E-state index is 8.33. The van der Waals surface area contributed by atoms with Crippen molar-refractivity contribution in [3.8, 4) is 0 Å². The summed E-state index contributed by atoms with van der Waals surface area (Å²) in [4.78, 5) is 2.19. The van der Waals surface area contributed by atoms with Crippen molar-refractivity contribution in [2.75, 3.05) is 7.05 Å². The van der Waals surface area contributed by atoms with E-state index in [0.29, 0.717) is 12.0 Å². The van der Waals surface area contributed by atoms with E-state index in [1.807, 2.05) is 0 Å². The maximum absolute atomic E-state index is 8.33. The van der Waals surface area contributed by atoms with Gasteiger partial charge in [-0.1, -0.05) is 40.0 Å². The van der Waals surface area contributed by atoms with Crippen LogP contribution in [-0.2, 0) is 0 Å². The molecule has 1 fully saturated rings. The van der Waals surface area contributed by atoms with Crippen molar-refractivity contribution in [2.45, 2.75) is 65.8 Å². The van der Waals surface area contributed by atoms with Crippen LogP contribution in [-0.4, -0.2) is 23.8 Å². The first-order valence-corrected chi connectivity index (χ1v) is 6.65. The van der Waals surface area contributed by atoms with Gasteiger partial charge in [-0.15, -0.1) is 0 Å². The fourth-order valence-electron chi connectivity index (χ4n) is 2.45. The molecule has 1 rings (SSSR count). The molecule has 0 aliphatic heterocycles. The zero-order chi connectivity index (χ0) is 12.3. The lowest BCUT2D eigenvalue weighted by Crippen LogP contribution is -2.45. The maximum Gasteiger partial charge on any atom is 0.0989 e. The van der Waals surface area contributed by atoms with E-state index in [4.69, 9.17) is 5.41 Å². The van der Waals surface area contributed by atoms with Gasteiger partial charge in [-0.2, -0.15) is 0 Å². The van der Waals surface area contributed by atoms with Gasteiger partial charge < -0.3 is 4.90 Å². The molecule has 0 saturated heterocycles. The van der Waals surface area contributed by atoms with Gasteiger partial charge in [0.25, 0.3) is 0 Å². The van der Waals surface area contributed by atoms with Crippen molar-refractivity contribution in [1.29, 1.82) is 5.41 Å². The third-order valence-electron chi connectivity index (χ3n) is 4.21. The Labute approximate surface area is 101 Å². The number of hydrogen-bond acceptors (Lipinski definition) is 1. The molecular formula is C14H28N2. The number of hydrogen-bond donors (Lipinski definition) is 1. The Bertz CT molecular complexity index is 234. The molecule has 94 valence electrons. The van der Waals surface area contributed by atoms with Gasteiger partial charge in [0.05, 0.1) is 5.84 Å². The van der Waals surface area contributed by atoms with Crippen molar-refractivity contribution < 1.29 is 0 Å². The van der Waals surface area contributed by atoms with Crippen molar-refractivity contribution in [2.24, 2.45) is 11.3 Å². The van der Waals surface area contributed by atoms with Gasteiger partial charge in [0.1, 0.15) is 0 Å². The van der Waals surface area contributed by atoms with Gasteiger partial charge in [-0.3, -0.25) is 5.41 Å². The Hall–Kier alpha value is -0.530. The molecular weight excluding hydrogens is 196 g/mol. The molecule has 1 atom stereocenters. The molecule has 1 unspecified atom stereocenters. The van der Waals surface area contributed by atoms with E-state index >= 15 is 0 Å². The predicted octanol–water partition coefficient (Wildman–Crippen LogP) is 3.91. The van der Waals surface area contributed by atoms with Gasteiger partial charge in [0.15, 0.2) is 0 Å². The Kier molecular flexibility index (Phi) is 4.40. The molecule has 0 amide bonds. The highest BCUT2D eigenvalue weighted by atomic mass is 15.2. The summed E-state index contributed by atoms with van der Waals surface area (Å²) in [5.41, 5.74) is 0.246. The topological polar surface area (TPSA) is 27.1 Å². The minimum atomic E-state index is 0.246. The number of nitrogens with zero attached hydrogens (tertiary/aromatic N) is 1. The highest BCUT2D eigenvalue weighted by molar-refractivity contribution is 5.81. The average Bonchev–Trinajstić information content (AvgIpc) is 2.26. The predicted molar refractivity (Wildman–Crippen MR) is 71.0 cm³/mol. The third-order valence-corrected chi connectivity index (χ3v) is 4.21. The largest absolute Gasteiger partial charge is 0.360 e. The van der Waals surface area contributed by atoms with Crippen molar-refractivity contribution >= 4 is 5.84 Å². The van der Waals surface area contributed by atoms with Gasteiger partial charge in [0.2, 0.25) is 0 Å². The summed E-state index contributed by atoms with van der Waals surface area (Å²) in [6, 6.07) is 0.432. The molecule has 0 spiro atoms. The molecule has 1 aliphatic carbocycles. The van der Waals surface area contributed by atoms with E-state index in [1.54, 1.807) is 0 Å². The standard InChI is InChI=1S/C14H28N2/c1-11(14(2,3)4)16(5)13(15)12-9-7-6-8-10-12/h11-12,15H,6-10H2,1-5H3. The number of rotatable bonds is 2. The summed E-state index contributed by atoms with van der Waals surface area (Å²) < 4.78 is 0. The summed E-state index contributed by atoms with van der Waals surface area (Å²) >= 11 is 0. The molecule has 0 bridgehead atoms. The zero-order valence-corrected chi connectivity index (χ0v) is 11.6. The minimum absolute atomic E-state index is 0.246. The summed E-state index contributed by atoms with van der Waals surface area (Å²) in [5.74, 6) is 1.38. The molecule has 1 aliphatic rings. The Morgan fingerprint density at radius 1 is 1.19 bits per heavy atom. The normalized spacial score (nSPS) is 20.6.